The third-order valence-corrected chi connectivity index (χ3v) is 4.42. The van der Waals surface area contributed by atoms with Crippen LogP contribution in [0.5, 0.6) is 11.5 Å². The van der Waals surface area contributed by atoms with E-state index in [4.69, 9.17) is 19.9 Å². The summed E-state index contributed by atoms with van der Waals surface area (Å²) in [5.74, 6) is 1.41. The van der Waals surface area contributed by atoms with Crippen molar-refractivity contribution in [1.82, 2.24) is 5.32 Å². The lowest BCUT2D eigenvalue weighted by molar-refractivity contribution is -0.125. The minimum Gasteiger partial charge on any atom is -0.493 e. The van der Waals surface area contributed by atoms with E-state index in [1.807, 2.05) is 32.0 Å². The largest absolute Gasteiger partial charge is 0.493 e. The van der Waals surface area contributed by atoms with E-state index in [1.165, 1.54) is 0 Å². The lowest BCUT2D eigenvalue weighted by Crippen LogP contribution is -2.47. The minimum atomic E-state index is -0.499. The molecule has 1 heterocycles. The van der Waals surface area contributed by atoms with Gasteiger partial charge in [-0.3, -0.25) is 4.79 Å². The number of hydrogen-bond donors (Lipinski definition) is 2. The van der Waals surface area contributed by atoms with Crippen LogP contribution in [-0.4, -0.2) is 38.9 Å². The zero-order chi connectivity index (χ0) is 17.5. The normalized spacial score (nSPS) is 17.8. The molecule has 1 amide bonds. The average Bonchev–Trinajstić information content (AvgIpc) is 2.62. The first-order valence-electron chi connectivity index (χ1n) is 8.51. The standard InChI is InChI=1S/C18H28N2O4/c1-4-24-15-6-5-14(11-16(15)22-3)12(2)20-18(21)17(19)13-7-9-23-10-8-13/h5-6,11-13,17H,4,7-10,19H2,1-3H3,(H,20,21). The molecule has 2 atom stereocenters. The van der Waals surface area contributed by atoms with E-state index < -0.39 is 6.04 Å². The average molecular weight is 336 g/mol. The summed E-state index contributed by atoms with van der Waals surface area (Å²) in [6.45, 7) is 5.79. The number of methoxy groups -OCH3 is 1. The molecule has 1 fully saturated rings. The summed E-state index contributed by atoms with van der Waals surface area (Å²) in [6, 6.07) is 5.02. The van der Waals surface area contributed by atoms with Crippen LogP contribution in [0.4, 0.5) is 0 Å². The van der Waals surface area contributed by atoms with Crippen LogP contribution < -0.4 is 20.5 Å². The summed E-state index contributed by atoms with van der Waals surface area (Å²) in [5.41, 5.74) is 7.07. The van der Waals surface area contributed by atoms with Crippen molar-refractivity contribution in [3.8, 4) is 11.5 Å². The van der Waals surface area contributed by atoms with E-state index >= 15 is 0 Å². The molecule has 1 aliphatic rings. The highest BCUT2D eigenvalue weighted by molar-refractivity contribution is 5.82. The molecule has 2 unspecified atom stereocenters. The van der Waals surface area contributed by atoms with Crippen molar-refractivity contribution >= 4 is 5.91 Å². The van der Waals surface area contributed by atoms with Gasteiger partial charge in [-0.25, -0.2) is 0 Å². The van der Waals surface area contributed by atoms with Gasteiger partial charge in [0.1, 0.15) is 0 Å². The molecule has 1 aromatic carbocycles. The third kappa shape index (κ3) is 4.61. The molecular weight excluding hydrogens is 308 g/mol. The van der Waals surface area contributed by atoms with Gasteiger partial charge in [-0.1, -0.05) is 6.07 Å². The van der Waals surface area contributed by atoms with E-state index in [2.05, 4.69) is 5.32 Å². The van der Waals surface area contributed by atoms with Crippen molar-refractivity contribution in [3.05, 3.63) is 23.8 Å². The maximum absolute atomic E-state index is 12.4. The predicted octanol–water partition coefficient (Wildman–Crippen LogP) is 2.02. The number of amides is 1. The molecule has 1 aromatic rings. The molecule has 1 saturated heterocycles. The lowest BCUT2D eigenvalue weighted by atomic mass is 9.91. The molecule has 0 bridgehead atoms. The van der Waals surface area contributed by atoms with Crippen LogP contribution in [0.2, 0.25) is 0 Å². The van der Waals surface area contributed by atoms with Gasteiger partial charge < -0.3 is 25.3 Å². The van der Waals surface area contributed by atoms with Gasteiger partial charge in [0.05, 0.1) is 25.8 Å². The maximum Gasteiger partial charge on any atom is 0.237 e. The Bertz CT molecular complexity index is 544. The van der Waals surface area contributed by atoms with E-state index in [1.54, 1.807) is 7.11 Å². The number of carbonyl (C=O) groups excluding carboxylic acids is 1. The molecule has 0 aromatic heterocycles. The Morgan fingerprint density at radius 1 is 1.38 bits per heavy atom. The van der Waals surface area contributed by atoms with E-state index in [9.17, 15) is 4.79 Å². The summed E-state index contributed by atoms with van der Waals surface area (Å²) in [6.07, 6.45) is 1.67. The molecule has 6 nitrogen and oxygen atoms in total. The van der Waals surface area contributed by atoms with Gasteiger partial charge in [0.15, 0.2) is 11.5 Å². The highest BCUT2D eigenvalue weighted by atomic mass is 16.5. The van der Waals surface area contributed by atoms with Crippen LogP contribution in [0.1, 0.15) is 38.3 Å². The molecule has 1 aliphatic heterocycles. The van der Waals surface area contributed by atoms with Gasteiger partial charge >= 0.3 is 0 Å². The second-order valence-electron chi connectivity index (χ2n) is 6.05. The zero-order valence-electron chi connectivity index (χ0n) is 14.7. The Morgan fingerprint density at radius 2 is 2.08 bits per heavy atom. The number of nitrogens with two attached hydrogens (primary N) is 1. The van der Waals surface area contributed by atoms with Gasteiger partial charge in [0.2, 0.25) is 5.91 Å². The summed E-state index contributed by atoms with van der Waals surface area (Å²) < 4.78 is 16.2. The van der Waals surface area contributed by atoms with Crippen molar-refractivity contribution in [2.24, 2.45) is 11.7 Å². The Labute approximate surface area is 143 Å². The van der Waals surface area contributed by atoms with E-state index in [-0.39, 0.29) is 17.9 Å². The first-order valence-corrected chi connectivity index (χ1v) is 8.51. The van der Waals surface area contributed by atoms with Gasteiger partial charge in [-0.05, 0) is 50.3 Å². The van der Waals surface area contributed by atoms with Crippen molar-refractivity contribution in [2.45, 2.75) is 38.8 Å². The monoisotopic (exact) mass is 336 g/mol. The summed E-state index contributed by atoms with van der Waals surface area (Å²) in [7, 11) is 1.60. The SMILES string of the molecule is CCOc1ccc(C(C)NC(=O)C(N)C2CCOCC2)cc1OC. The fourth-order valence-corrected chi connectivity index (χ4v) is 2.91. The molecule has 24 heavy (non-hydrogen) atoms. The zero-order valence-corrected chi connectivity index (χ0v) is 14.7. The summed E-state index contributed by atoms with van der Waals surface area (Å²) in [5, 5.41) is 2.99. The van der Waals surface area contributed by atoms with Crippen molar-refractivity contribution < 1.29 is 19.0 Å². The first kappa shape index (κ1) is 18.5. The fourth-order valence-electron chi connectivity index (χ4n) is 2.91. The van der Waals surface area contributed by atoms with E-state index in [0.29, 0.717) is 31.3 Å². The lowest BCUT2D eigenvalue weighted by Gasteiger charge is -2.28. The van der Waals surface area contributed by atoms with Crippen molar-refractivity contribution in [2.75, 3.05) is 26.9 Å². The molecule has 134 valence electrons. The fraction of sp³-hybridized carbons (Fsp3) is 0.611. The van der Waals surface area contributed by atoms with Crippen LogP contribution >= 0.6 is 0 Å². The highest BCUT2D eigenvalue weighted by Gasteiger charge is 2.27. The van der Waals surface area contributed by atoms with Crippen LogP contribution in [0.3, 0.4) is 0 Å². The smallest absolute Gasteiger partial charge is 0.237 e. The molecular formula is C18H28N2O4. The number of rotatable bonds is 7. The van der Waals surface area contributed by atoms with Crippen molar-refractivity contribution in [3.63, 3.8) is 0 Å². The first-order chi connectivity index (χ1) is 11.6. The molecule has 3 N–H and O–H groups in total. The number of benzene rings is 1. The quantitative estimate of drug-likeness (QED) is 0.796. The van der Waals surface area contributed by atoms with Gasteiger partial charge in [0, 0.05) is 13.2 Å². The summed E-state index contributed by atoms with van der Waals surface area (Å²) in [4.78, 5) is 12.4. The van der Waals surface area contributed by atoms with Crippen LogP contribution in [0.15, 0.2) is 18.2 Å². The Kier molecular flexibility index (Phi) is 6.87. The Hall–Kier alpha value is -1.79. The topological polar surface area (TPSA) is 82.8 Å². The molecule has 6 heteroatoms. The third-order valence-electron chi connectivity index (χ3n) is 4.42. The number of ether oxygens (including phenoxy) is 3. The predicted molar refractivity (Wildman–Crippen MR) is 92.2 cm³/mol. The Morgan fingerprint density at radius 3 is 2.71 bits per heavy atom. The van der Waals surface area contributed by atoms with Gasteiger partial charge in [0.25, 0.3) is 0 Å². The van der Waals surface area contributed by atoms with Crippen LogP contribution in [0, 0.1) is 5.92 Å². The molecule has 0 spiro atoms. The second-order valence-corrected chi connectivity index (χ2v) is 6.05. The van der Waals surface area contributed by atoms with Crippen molar-refractivity contribution in [1.29, 1.82) is 0 Å². The molecule has 0 aliphatic carbocycles. The number of carbonyl (C=O) groups is 1. The minimum absolute atomic E-state index is 0.123. The molecule has 0 saturated carbocycles. The summed E-state index contributed by atoms with van der Waals surface area (Å²) >= 11 is 0. The molecule has 2 rings (SSSR count). The van der Waals surface area contributed by atoms with Crippen LogP contribution in [0.25, 0.3) is 0 Å². The van der Waals surface area contributed by atoms with Gasteiger partial charge in [-0.15, -0.1) is 0 Å². The second kappa shape index (κ2) is 8.89. The van der Waals surface area contributed by atoms with Crippen LogP contribution in [-0.2, 0) is 9.53 Å². The molecule has 0 radical (unpaired) electrons. The Balaban J connectivity index is 2.00. The highest BCUT2D eigenvalue weighted by Crippen LogP contribution is 2.30. The van der Waals surface area contributed by atoms with E-state index in [0.717, 1.165) is 18.4 Å². The number of hydrogen-bond acceptors (Lipinski definition) is 5. The maximum atomic E-state index is 12.4. The number of nitrogens with one attached hydrogen (secondary N) is 1. The van der Waals surface area contributed by atoms with Gasteiger partial charge in [-0.2, -0.15) is 0 Å².